The second-order valence-corrected chi connectivity index (χ2v) is 4.80. The van der Waals surface area contributed by atoms with Crippen LogP contribution < -0.4 is 16.1 Å². The minimum absolute atomic E-state index is 0.00799. The molecule has 3 rings (SSSR count). The number of aromatic amines is 2. The Morgan fingerprint density at radius 3 is 2.71 bits per heavy atom. The smallest absolute Gasteiger partial charge is 0.277 e. The van der Waals surface area contributed by atoms with Crippen molar-refractivity contribution in [2.24, 2.45) is 4.99 Å². The number of nitrogens with one attached hydrogen (secondary N) is 2. The van der Waals surface area contributed by atoms with E-state index in [0.29, 0.717) is 5.36 Å². The Kier molecular flexibility index (Phi) is 3.11. The fraction of sp³-hybridized carbons (Fsp3) is 0. The lowest BCUT2D eigenvalue weighted by Gasteiger charge is -2.04. The molecule has 0 saturated carbocycles. The van der Waals surface area contributed by atoms with E-state index in [1.54, 1.807) is 18.2 Å². The van der Waals surface area contributed by atoms with Crippen LogP contribution in [0.5, 0.6) is 5.88 Å². The number of nitrogens with zero attached hydrogens (tertiary/aromatic N) is 1. The monoisotopic (exact) mass is 299 g/mol. The first-order valence-electron chi connectivity index (χ1n) is 6.02. The van der Waals surface area contributed by atoms with E-state index in [0.717, 1.165) is 5.22 Å². The van der Waals surface area contributed by atoms with Gasteiger partial charge in [-0.1, -0.05) is 18.2 Å². The van der Waals surface area contributed by atoms with Crippen molar-refractivity contribution < 1.29 is 9.90 Å². The Morgan fingerprint density at radius 1 is 1.19 bits per heavy atom. The van der Waals surface area contributed by atoms with Crippen LogP contribution in [0.4, 0.5) is 0 Å². The summed E-state index contributed by atoms with van der Waals surface area (Å²) in [7, 11) is 0. The number of amides is 1. The summed E-state index contributed by atoms with van der Waals surface area (Å²) in [5.41, 5.74) is -0.443. The molecule has 1 aromatic heterocycles. The highest BCUT2D eigenvalue weighted by molar-refractivity contribution is 7.71. The number of carbonyl (C=O) groups is 1. The summed E-state index contributed by atoms with van der Waals surface area (Å²) in [6.07, 6.45) is 2.90. The predicted octanol–water partition coefficient (Wildman–Crippen LogP) is 0.162. The van der Waals surface area contributed by atoms with Crippen LogP contribution in [0.2, 0.25) is 0 Å². The van der Waals surface area contributed by atoms with Crippen molar-refractivity contribution in [2.45, 2.75) is 0 Å². The Bertz CT molecular complexity index is 1010. The van der Waals surface area contributed by atoms with E-state index in [1.165, 1.54) is 6.08 Å². The number of carbonyl (C=O) groups excluding carboxylic acids is 1. The zero-order valence-corrected chi connectivity index (χ0v) is 11.4. The molecule has 21 heavy (non-hydrogen) atoms. The van der Waals surface area contributed by atoms with Gasteiger partial charge in [0, 0.05) is 10.8 Å². The molecule has 1 aromatic carbocycles. The minimum Gasteiger partial charge on any atom is -0.494 e. The molecule has 104 valence electrons. The van der Waals surface area contributed by atoms with Gasteiger partial charge in [0.15, 0.2) is 4.77 Å². The number of benzene rings is 1. The largest absolute Gasteiger partial charge is 0.494 e. The summed E-state index contributed by atoms with van der Waals surface area (Å²) in [4.78, 5) is 32.4. The lowest BCUT2D eigenvalue weighted by atomic mass is 10.1. The van der Waals surface area contributed by atoms with Gasteiger partial charge in [0.25, 0.3) is 11.5 Å². The van der Waals surface area contributed by atoms with Gasteiger partial charge in [-0.15, -0.1) is 0 Å². The molecule has 2 heterocycles. The Morgan fingerprint density at radius 2 is 1.95 bits per heavy atom. The molecule has 0 radical (unpaired) electrons. The highest BCUT2D eigenvalue weighted by Gasteiger charge is 2.13. The molecule has 1 aliphatic heterocycles. The van der Waals surface area contributed by atoms with E-state index in [9.17, 15) is 14.7 Å². The van der Waals surface area contributed by atoms with E-state index in [-0.39, 0.29) is 15.9 Å². The molecule has 6 nitrogen and oxygen atoms in total. The summed E-state index contributed by atoms with van der Waals surface area (Å²) in [6, 6.07) is 7.14. The first kappa shape index (κ1) is 13.2. The van der Waals surface area contributed by atoms with Crippen LogP contribution >= 0.6 is 12.2 Å². The average Bonchev–Trinajstić information content (AvgIpc) is 2.43. The third-order valence-corrected chi connectivity index (χ3v) is 3.18. The van der Waals surface area contributed by atoms with E-state index >= 15 is 0 Å². The molecule has 3 N–H and O–H groups in total. The van der Waals surface area contributed by atoms with Gasteiger partial charge in [-0.05, 0) is 30.4 Å². The summed E-state index contributed by atoms with van der Waals surface area (Å²) < 4.78 is 0.00799. The summed E-state index contributed by atoms with van der Waals surface area (Å²) in [6.45, 7) is 0. The number of fused-ring (bicyclic) bond motifs is 1. The zero-order valence-electron chi connectivity index (χ0n) is 10.6. The first-order valence-corrected chi connectivity index (χ1v) is 6.42. The van der Waals surface area contributed by atoms with Gasteiger partial charge in [0.2, 0.25) is 5.88 Å². The molecule has 0 aliphatic carbocycles. The molecule has 1 aliphatic rings. The highest BCUT2D eigenvalue weighted by atomic mass is 32.1. The van der Waals surface area contributed by atoms with Crippen molar-refractivity contribution in [3.8, 4) is 5.88 Å². The van der Waals surface area contributed by atoms with Crippen LogP contribution in [0.25, 0.3) is 12.2 Å². The quantitative estimate of drug-likeness (QED) is 0.516. The van der Waals surface area contributed by atoms with Gasteiger partial charge in [0.05, 0.1) is 5.36 Å². The van der Waals surface area contributed by atoms with Crippen LogP contribution in [-0.2, 0) is 4.79 Å². The number of hydrogen-bond acceptors (Lipinski definition) is 4. The van der Waals surface area contributed by atoms with Crippen LogP contribution in [0.1, 0.15) is 5.56 Å². The topological polar surface area (TPSA) is 98.3 Å². The Balaban J connectivity index is 2.23. The van der Waals surface area contributed by atoms with Crippen molar-refractivity contribution in [2.75, 3.05) is 0 Å². The molecule has 1 amide bonds. The minimum atomic E-state index is -0.580. The maximum atomic E-state index is 12.0. The summed E-state index contributed by atoms with van der Waals surface area (Å²) in [5.74, 6) is -0.869. The molecule has 0 bridgehead atoms. The number of para-hydroxylation sites is 1. The summed E-state index contributed by atoms with van der Waals surface area (Å²) >= 11 is 4.74. The first-order chi connectivity index (χ1) is 10.0. The van der Waals surface area contributed by atoms with E-state index < -0.39 is 17.3 Å². The van der Waals surface area contributed by atoms with Gasteiger partial charge in [-0.25, -0.2) is 4.99 Å². The number of hydrogen-bond donors (Lipinski definition) is 3. The molecule has 0 fully saturated rings. The molecule has 0 unspecified atom stereocenters. The summed E-state index contributed by atoms with van der Waals surface area (Å²) in [5, 5.41) is 11.1. The van der Waals surface area contributed by atoms with Gasteiger partial charge in [-0.2, -0.15) is 0 Å². The van der Waals surface area contributed by atoms with Crippen molar-refractivity contribution in [3.05, 3.63) is 61.1 Å². The molecular weight excluding hydrogens is 290 g/mol. The van der Waals surface area contributed by atoms with E-state index in [1.807, 2.05) is 12.1 Å². The zero-order chi connectivity index (χ0) is 15.0. The molecule has 2 aromatic rings. The molecule has 0 saturated heterocycles. The molecular formula is C14H9N3O3S. The standard InChI is InChI=1S/C14H9N3O3S/c18-11-8(5-7-3-1-2-4-10(7)15-11)6-9-12(19)16-14(21)17-13(9)20/h1-6H,(H3,16,17,19,20,21)/b8-6+. The maximum absolute atomic E-state index is 12.0. The Labute approximate surface area is 122 Å². The SMILES string of the molecule is O=C1N=c2ccccc2=C/C1=C\c1c(O)[nH]c(=S)[nH]c1=O. The average molecular weight is 299 g/mol. The second-order valence-electron chi connectivity index (χ2n) is 4.39. The molecule has 0 spiro atoms. The second kappa shape index (κ2) is 4.95. The fourth-order valence-electron chi connectivity index (χ4n) is 1.99. The van der Waals surface area contributed by atoms with Gasteiger partial charge in [0.1, 0.15) is 5.56 Å². The van der Waals surface area contributed by atoms with Crippen LogP contribution in [0, 0.1) is 4.77 Å². The van der Waals surface area contributed by atoms with Crippen molar-refractivity contribution in [1.82, 2.24) is 9.97 Å². The number of aromatic hydroxyl groups is 1. The van der Waals surface area contributed by atoms with Gasteiger partial charge in [-0.3, -0.25) is 14.6 Å². The number of aromatic nitrogens is 2. The van der Waals surface area contributed by atoms with Crippen molar-refractivity contribution in [1.29, 1.82) is 0 Å². The predicted molar refractivity (Wildman–Crippen MR) is 78.6 cm³/mol. The van der Waals surface area contributed by atoms with Gasteiger partial charge < -0.3 is 10.1 Å². The third kappa shape index (κ3) is 2.46. The number of rotatable bonds is 1. The third-order valence-electron chi connectivity index (χ3n) is 2.98. The van der Waals surface area contributed by atoms with Crippen LogP contribution in [0.3, 0.4) is 0 Å². The van der Waals surface area contributed by atoms with Crippen LogP contribution in [-0.4, -0.2) is 21.0 Å². The highest BCUT2D eigenvalue weighted by Crippen LogP contribution is 2.14. The van der Waals surface area contributed by atoms with Crippen LogP contribution in [0.15, 0.2) is 39.6 Å². The normalized spacial score (nSPS) is 15.2. The van der Waals surface area contributed by atoms with Crippen molar-refractivity contribution in [3.63, 3.8) is 0 Å². The number of H-pyrrole nitrogens is 2. The van der Waals surface area contributed by atoms with Crippen molar-refractivity contribution >= 4 is 30.3 Å². The lowest BCUT2D eigenvalue weighted by Crippen LogP contribution is -2.30. The van der Waals surface area contributed by atoms with E-state index in [4.69, 9.17) is 12.2 Å². The fourth-order valence-corrected chi connectivity index (χ4v) is 2.18. The Hall–Kier alpha value is -2.80. The maximum Gasteiger partial charge on any atom is 0.277 e. The molecule has 7 heteroatoms. The van der Waals surface area contributed by atoms with E-state index in [2.05, 4.69) is 15.0 Å². The van der Waals surface area contributed by atoms with Gasteiger partial charge >= 0.3 is 0 Å². The lowest BCUT2D eigenvalue weighted by molar-refractivity contribution is -0.114. The molecule has 0 atom stereocenters.